The van der Waals surface area contributed by atoms with Gasteiger partial charge in [0.25, 0.3) is 0 Å². The summed E-state index contributed by atoms with van der Waals surface area (Å²) in [6.45, 7) is 6.09. The normalized spacial score (nSPS) is 17.8. The average Bonchev–Trinajstić information content (AvgIpc) is 3.13. The van der Waals surface area contributed by atoms with Crippen LogP contribution in [0, 0.1) is 0 Å². The van der Waals surface area contributed by atoms with Crippen LogP contribution in [-0.2, 0) is 9.84 Å². The number of likely N-dealkylation sites (tertiary alicyclic amines) is 1. The molecular weight excluding hydrogens is 352 g/mol. The third kappa shape index (κ3) is 7.37. The molecule has 1 atom stereocenters. The molecule has 1 aliphatic rings. The van der Waals surface area contributed by atoms with Gasteiger partial charge in [-0.15, -0.1) is 0 Å². The highest BCUT2D eigenvalue weighted by molar-refractivity contribution is 7.90. The Morgan fingerprint density at radius 3 is 2.69 bits per heavy atom. The second kappa shape index (κ2) is 10.6. The molecule has 1 aliphatic heterocycles. The SMILES string of the molecule is CCNC(=NCC(c1ccco1)N1CCCCC1)NCCCS(C)(=O)=O. The van der Waals surface area contributed by atoms with E-state index in [9.17, 15) is 8.42 Å². The van der Waals surface area contributed by atoms with Crippen LogP contribution in [0.1, 0.15) is 44.4 Å². The van der Waals surface area contributed by atoms with Crippen LogP contribution in [0.2, 0.25) is 0 Å². The third-order valence-corrected chi connectivity index (χ3v) is 5.48. The summed E-state index contributed by atoms with van der Waals surface area (Å²) >= 11 is 0. The zero-order valence-electron chi connectivity index (χ0n) is 15.9. The maximum absolute atomic E-state index is 11.2. The summed E-state index contributed by atoms with van der Waals surface area (Å²) in [6.07, 6.45) is 7.26. The van der Waals surface area contributed by atoms with Crippen molar-refractivity contribution in [2.75, 3.05) is 44.7 Å². The third-order valence-electron chi connectivity index (χ3n) is 4.45. The quantitative estimate of drug-likeness (QED) is 0.383. The molecule has 7 nitrogen and oxygen atoms in total. The standard InChI is InChI=1S/C18H32N4O3S/c1-3-19-18(20-10-8-14-26(2,23)24)21-15-16(17-9-7-13-25-17)22-11-5-4-6-12-22/h7,9,13,16H,3-6,8,10-12,14-15H2,1-2H3,(H2,19,20,21). The van der Waals surface area contributed by atoms with Gasteiger partial charge in [0.05, 0.1) is 24.6 Å². The molecule has 0 bridgehead atoms. The number of hydrogen-bond donors (Lipinski definition) is 2. The Morgan fingerprint density at radius 2 is 2.08 bits per heavy atom. The maximum Gasteiger partial charge on any atom is 0.191 e. The molecule has 1 fully saturated rings. The molecule has 1 aromatic rings. The van der Waals surface area contributed by atoms with Crippen LogP contribution in [0.5, 0.6) is 0 Å². The summed E-state index contributed by atoms with van der Waals surface area (Å²) in [5, 5.41) is 6.45. The monoisotopic (exact) mass is 384 g/mol. The fraction of sp³-hybridized carbons (Fsp3) is 0.722. The Bertz CT molecular complexity index is 637. The van der Waals surface area contributed by atoms with Crippen molar-refractivity contribution in [1.82, 2.24) is 15.5 Å². The van der Waals surface area contributed by atoms with E-state index < -0.39 is 9.84 Å². The van der Waals surface area contributed by atoms with Gasteiger partial charge in [-0.25, -0.2) is 8.42 Å². The summed E-state index contributed by atoms with van der Waals surface area (Å²) in [5.74, 6) is 1.85. The molecule has 1 saturated heterocycles. The molecule has 0 saturated carbocycles. The van der Waals surface area contributed by atoms with Gasteiger partial charge in [-0.1, -0.05) is 6.42 Å². The lowest BCUT2D eigenvalue weighted by atomic mass is 10.1. The number of furan rings is 1. The Morgan fingerprint density at radius 1 is 1.31 bits per heavy atom. The summed E-state index contributed by atoms with van der Waals surface area (Å²) in [7, 11) is -2.92. The number of nitrogens with zero attached hydrogens (tertiary/aromatic N) is 2. The first-order valence-electron chi connectivity index (χ1n) is 9.47. The van der Waals surface area contributed by atoms with Crippen LogP contribution in [-0.4, -0.2) is 64.0 Å². The second-order valence-corrected chi connectivity index (χ2v) is 9.02. The lowest BCUT2D eigenvalue weighted by molar-refractivity contribution is 0.150. The van der Waals surface area contributed by atoms with Gasteiger partial charge in [-0.2, -0.15) is 0 Å². The number of nitrogens with one attached hydrogen (secondary N) is 2. The Labute approximate surface area is 157 Å². The molecule has 26 heavy (non-hydrogen) atoms. The number of rotatable bonds is 9. The Kier molecular flexibility index (Phi) is 8.44. The van der Waals surface area contributed by atoms with E-state index in [1.165, 1.54) is 25.5 Å². The number of guanidine groups is 1. The fourth-order valence-electron chi connectivity index (χ4n) is 3.16. The smallest absolute Gasteiger partial charge is 0.191 e. The highest BCUT2D eigenvalue weighted by Gasteiger charge is 2.24. The van der Waals surface area contributed by atoms with Crippen LogP contribution in [0.15, 0.2) is 27.8 Å². The van der Waals surface area contributed by atoms with E-state index in [0.29, 0.717) is 19.5 Å². The first-order chi connectivity index (χ1) is 12.5. The van der Waals surface area contributed by atoms with Crippen LogP contribution < -0.4 is 10.6 Å². The molecule has 0 aromatic carbocycles. The molecular formula is C18H32N4O3S. The zero-order chi connectivity index (χ0) is 18.8. The molecule has 2 N–H and O–H groups in total. The molecule has 1 aromatic heterocycles. The summed E-state index contributed by atoms with van der Waals surface area (Å²) in [6, 6.07) is 4.07. The largest absolute Gasteiger partial charge is 0.468 e. The van der Waals surface area contributed by atoms with Crippen LogP contribution >= 0.6 is 0 Å². The Balaban J connectivity index is 1.96. The van der Waals surface area contributed by atoms with Crippen molar-refractivity contribution < 1.29 is 12.8 Å². The lowest BCUT2D eigenvalue weighted by Crippen LogP contribution is -2.40. The molecule has 0 spiro atoms. The van der Waals surface area contributed by atoms with Crippen LogP contribution in [0.25, 0.3) is 0 Å². The van der Waals surface area contributed by atoms with Gasteiger partial charge in [-0.05, 0) is 51.4 Å². The van der Waals surface area contributed by atoms with Gasteiger partial charge in [0.1, 0.15) is 15.6 Å². The minimum Gasteiger partial charge on any atom is -0.468 e. The average molecular weight is 385 g/mol. The van der Waals surface area contributed by atoms with Gasteiger partial charge in [-0.3, -0.25) is 9.89 Å². The molecule has 2 rings (SSSR count). The summed E-state index contributed by atoms with van der Waals surface area (Å²) in [5.41, 5.74) is 0. The highest BCUT2D eigenvalue weighted by atomic mass is 32.2. The minimum atomic E-state index is -2.92. The lowest BCUT2D eigenvalue weighted by Gasteiger charge is -2.32. The number of piperidine rings is 1. The molecule has 2 heterocycles. The second-order valence-electron chi connectivity index (χ2n) is 6.76. The summed E-state index contributed by atoms with van der Waals surface area (Å²) in [4.78, 5) is 7.17. The Hall–Kier alpha value is -1.54. The number of hydrogen-bond acceptors (Lipinski definition) is 5. The van der Waals surface area contributed by atoms with Gasteiger partial charge in [0, 0.05) is 19.3 Å². The maximum atomic E-state index is 11.2. The van der Waals surface area contributed by atoms with Crippen LogP contribution in [0.3, 0.4) is 0 Å². The highest BCUT2D eigenvalue weighted by Crippen LogP contribution is 2.25. The van der Waals surface area contributed by atoms with Crippen molar-refractivity contribution in [2.45, 2.75) is 38.6 Å². The van der Waals surface area contributed by atoms with E-state index in [0.717, 1.165) is 31.4 Å². The van der Waals surface area contributed by atoms with Gasteiger partial charge >= 0.3 is 0 Å². The van der Waals surface area contributed by atoms with Gasteiger partial charge in [0.15, 0.2) is 5.96 Å². The minimum absolute atomic E-state index is 0.136. The first-order valence-corrected chi connectivity index (χ1v) is 11.5. The van der Waals surface area contributed by atoms with Crippen molar-refractivity contribution in [3.05, 3.63) is 24.2 Å². The van der Waals surface area contributed by atoms with Crippen molar-refractivity contribution in [3.8, 4) is 0 Å². The molecule has 0 amide bonds. The molecule has 1 unspecified atom stereocenters. The van der Waals surface area contributed by atoms with E-state index in [2.05, 4.69) is 15.5 Å². The van der Waals surface area contributed by atoms with Gasteiger partial charge in [0.2, 0.25) is 0 Å². The molecule has 0 aliphatic carbocycles. The molecule has 148 valence electrons. The van der Waals surface area contributed by atoms with E-state index >= 15 is 0 Å². The predicted octanol–water partition coefficient (Wildman–Crippen LogP) is 1.80. The summed E-state index contributed by atoms with van der Waals surface area (Å²) < 4.78 is 28.1. The van der Waals surface area contributed by atoms with E-state index in [-0.39, 0.29) is 11.8 Å². The zero-order valence-corrected chi connectivity index (χ0v) is 16.7. The number of aliphatic imine (C=N–C) groups is 1. The van der Waals surface area contributed by atoms with E-state index in [1.807, 2.05) is 19.1 Å². The topological polar surface area (TPSA) is 86.9 Å². The number of sulfone groups is 1. The van der Waals surface area contributed by atoms with Crippen molar-refractivity contribution in [1.29, 1.82) is 0 Å². The van der Waals surface area contributed by atoms with E-state index in [1.54, 1.807) is 6.26 Å². The predicted molar refractivity (Wildman–Crippen MR) is 105 cm³/mol. The van der Waals surface area contributed by atoms with Gasteiger partial charge < -0.3 is 15.1 Å². The van der Waals surface area contributed by atoms with Crippen molar-refractivity contribution in [2.24, 2.45) is 4.99 Å². The van der Waals surface area contributed by atoms with Crippen molar-refractivity contribution >= 4 is 15.8 Å². The first kappa shape index (κ1) is 20.8. The fourth-order valence-corrected chi connectivity index (χ4v) is 3.83. The van der Waals surface area contributed by atoms with Crippen LogP contribution in [0.4, 0.5) is 0 Å². The molecule has 8 heteroatoms. The molecule has 0 radical (unpaired) electrons. The van der Waals surface area contributed by atoms with E-state index in [4.69, 9.17) is 9.41 Å². The van der Waals surface area contributed by atoms with Crippen molar-refractivity contribution in [3.63, 3.8) is 0 Å².